The van der Waals surface area contributed by atoms with Crippen LogP contribution in [-0.4, -0.2) is 30.1 Å². The fourth-order valence-corrected chi connectivity index (χ4v) is 2.90. The molecular formula is C16H24F2N2. The molecule has 0 bridgehead atoms. The molecule has 2 atom stereocenters. The van der Waals surface area contributed by atoms with Crippen LogP contribution in [0.2, 0.25) is 0 Å². The largest absolute Gasteiger partial charge is 0.311 e. The van der Waals surface area contributed by atoms with E-state index < -0.39 is 11.6 Å². The van der Waals surface area contributed by atoms with Crippen molar-refractivity contribution >= 4 is 0 Å². The zero-order valence-electron chi connectivity index (χ0n) is 12.5. The minimum absolute atomic E-state index is 0.190. The highest BCUT2D eigenvalue weighted by molar-refractivity contribution is 5.20. The van der Waals surface area contributed by atoms with Gasteiger partial charge in [-0.3, -0.25) is 4.90 Å². The van der Waals surface area contributed by atoms with Crippen LogP contribution >= 0.6 is 0 Å². The van der Waals surface area contributed by atoms with Gasteiger partial charge in [0.1, 0.15) is 11.6 Å². The molecule has 112 valence electrons. The Balaban J connectivity index is 2.18. The van der Waals surface area contributed by atoms with Crippen molar-refractivity contribution in [3.63, 3.8) is 0 Å². The van der Waals surface area contributed by atoms with Crippen LogP contribution in [0.15, 0.2) is 18.2 Å². The maximum absolute atomic E-state index is 13.8. The summed E-state index contributed by atoms with van der Waals surface area (Å²) in [5, 5.41) is 3.52. The second-order valence-corrected chi connectivity index (χ2v) is 5.95. The van der Waals surface area contributed by atoms with Crippen LogP contribution in [0.4, 0.5) is 8.78 Å². The Kier molecular flexibility index (Phi) is 5.11. The molecule has 1 aromatic rings. The predicted molar refractivity (Wildman–Crippen MR) is 77.5 cm³/mol. The molecular weight excluding hydrogens is 258 g/mol. The minimum atomic E-state index is -0.445. The first-order valence-electron chi connectivity index (χ1n) is 7.43. The van der Waals surface area contributed by atoms with Crippen molar-refractivity contribution in [3.05, 3.63) is 35.4 Å². The molecule has 0 aromatic heterocycles. The molecule has 2 unspecified atom stereocenters. The molecule has 1 fully saturated rings. The van der Waals surface area contributed by atoms with Crippen molar-refractivity contribution < 1.29 is 8.78 Å². The quantitative estimate of drug-likeness (QED) is 0.912. The second-order valence-electron chi connectivity index (χ2n) is 5.95. The first-order chi connectivity index (χ1) is 9.52. The third-order valence-electron chi connectivity index (χ3n) is 4.22. The van der Waals surface area contributed by atoms with E-state index in [0.717, 1.165) is 19.5 Å². The molecule has 1 N–H and O–H groups in total. The molecule has 0 radical (unpaired) electrons. The van der Waals surface area contributed by atoms with Crippen molar-refractivity contribution in [1.82, 2.24) is 10.2 Å². The van der Waals surface area contributed by atoms with Gasteiger partial charge in [-0.2, -0.15) is 0 Å². The Morgan fingerprint density at radius 3 is 2.50 bits per heavy atom. The zero-order valence-corrected chi connectivity index (χ0v) is 12.5. The number of benzene rings is 1. The predicted octanol–water partition coefficient (Wildman–Crippen LogP) is 3.17. The van der Waals surface area contributed by atoms with Crippen molar-refractivity contribution in [1.29, 1.82) is 0 Å². The summed E-state index contributed by atoms with van der Waals surface area (Å²) in [7, 11) is 0. The van der Waals surface area contributed by atoms with E-state index in [4.69, 9.17) is 0 Å². The smallest absolute Gasteiger partial charge is 0.130 e. The fourth-order valence-electron chi connectivity index (χ4n) is 2.90. The van der Waals surface area contributed by atoms with Crippen LogP contribution in [-0.2, 0) is 6.54 Å². The molecule has 1 aliphatic rings. The number of piperazine rings is 1. The normalized spacial score (nSPS) is 24.3. The van der Waals surface area contributed by atoms with Gasteiger partial charge >= 0.3 is 0 Å². The summed E-state index contributed by atoms with van der Waals surface area (Å²) < 4.78 is 27.7. The van der Waals surface area contributed by atoms with Crippen LogP contribution < -0.4 is 5.32 Å². The van der Waals surface area contributed by atoms with Gasteiger partial charge in [0, 0.05) is 37.3 Å². The summed E-state index contributed by atoms with van der Waals surface area (Å²) >= 11 is 0. The van der Waals surface area contributed by atoms with Gasteiger partial charge in [0.05, 0.1) is 0 Å². The van der Waals surface area contributed by atoms with Gasteiger partial charge in [-0.15, -0.1) is 0 Å². The molecule has 2 rings (SSSR count). The number of rotatable bonds is 4. The van der Waals surface area contributed by atoms with E-state index in [1.807, 2.05) is 0 Å². The van der Waals surface area contributed by atoms with E-state index in [1.54, 1.807) is 0 Å². The molecule has 0 amide bonds. The molecule has 1 aliphatic heterocycles. The molecule has 2 nitrogen and oxygen atoms in total. The van der Waals surface area contributed by atoms with Crippen molar-refractivity contribution in [3.8, 4) is 0 Å². The lowest BCUT2D eigenvalue weighted by molar-refractivity contribution is 0.0877. The monoisotopic (exact) mass is 282 g/mol. The van der Waals surface area contributed by atoms with Crippen molar-refractivity contribution in [2.24, 2.45) is 5.92 Å². The molecule has 1 aromatic carbocycles. The minimum Gasteiger partial charge on any atom is -0.311 e. The lowest BCUT2D eigenvalue weighted by Gasteiger charge is -2.42. The summed E-state index contributed by atoms with van der Waals surface area (Å²) in [6, 6.07) is 4.81. The van der Waals surface area contributed by atoms with Gasteiger partial charge in [0.2, 0.25) is 0 Å². The second kappa shape index (κ2) is 6.64. The van der Waals surface area contributed by atoms with Crippen LogP contribution in [0.1, 0.15) is 32.8 Å². The summed E-state index contributed by atoms with van der Waals surface area (Å²) in [4.78, 5) is 2.22. The highest BCUT2D eigenvalue weighted by Gasteiger charge is 2.30. The van der Waals surface area contributed by atoms with Crippen LogP contribution in [0.25, 0.3) is 0 Å². The average molecular weight is 282 g/mol. The first kappa shape index (κ1) is 15.4. The number of nitrogens with zero attached hydrogens (tertiary/aromatic N) is 1. The van der Waals surface area contributed by atoms with E-state index in [2.05, 4.69) is 31.0 Å². The maximum Gasteiger partial charge on any atom is 0.130 e. The van der Waals surface area contributed by atoms with Crippen molar-refractivity contribution in [2.45, 2.75) is 45.8 Å². The Morgan fingerprint density at radius 1 is 1.30 bits per heavy atom. The van der Waals surface area contributed by atoms with E-state index in [9.17, 15) is 8.78 Å². The number of hydrogen-bond donors (Lipinski definition) is 1. The maximum atomic E-state index is 13.8. The molecule has 0 spiro atoms. The third-order valence-corrected chi connectivity index (χ3v) is 4.22. The fraction of sp³-hybridized carbons (Fsp3) is 0.625. The molecule has 20 heavy (non-hydrogen) atoms. The highest BCUT2D eigenvalue weighted by atomic mass is 19.1. The standard InChI is InChI=1S/C16H24F2N2/c1-4-12-9-20(16(8-19-12)11(2)3)10-13-14(17)6-5-7-15(13)18/h5-7,11-12,16,19H,4,8-10H2,1-3H3. The van der Waals surface area contributed by atoms with Crippen LogP contribution in [0, 0.1) is 17.6 Å². The topological polar surface area (TPSA) is 15.3 Å². The van der Waals surface area contributed by atoms with Crippen LogP contribution in [0.3, 0.4) is 0 Å². The van der Waals surface area contributed by atoms with Gasteiger partial charge in [-0.25, -0.2) is 8.78 Å². The SMILES string of the molecule is CCC1CN(Cc2c(F)cccc2F)C(C(C)C)CN1. The molecule has 4 heteroatoms. The number of halogens is 2. The Hall–Kier alpha value is -1.00. The van der Waals surface area contributed by atoms with E-state index in [0.29, 0.717) is 24.5 Å². The molecule has 1 heterocycles. The summed E-state index contributed by atoms with van der Waals surface area (Å²) in [6.07, 6.45) is 1.03. The molecule has 1 saturated heterocycles. The lowest BCUT2D eigenvalue weighted by atomic mass is 9.97. The Labute approximate surface area is 120 Å². The summed E-state index contributed by atoms with van der Waals surface area (Å²) in [6.45, 7) is 8.51. The Bertz CT molecular complexity index is 428. The van der Waals surface area contributed by atoms with Crippen LogP contribution in [0.5, 0.6) is 0 Å². The van der Waals surface area contributed by atoms with Gasteiger partial charge in [0.25, 0.3) is 0 Å². The average Bonchev–Trinajstić information content (AvgIpc) is 2.42. The van der Waals surface area contributed by atoms with Gasteiger partial charge in [-0.1, -0.05) is 26.8 Å². The van der Waals surface area contributed by atoms with Gasteiger partial charge < -0.3 is 5.32 Å². The zero-order chi connectivity index (χ0) is 14.7. The molecule has 0 aliphatic carbocycles. The van der Waals surface area contributed by atoms with Gasteiger partial charge in [-0.05, 0) is 24.5 Å². The highest BCUT2D eigenvalue weighted by Crippen LogP contribution is 2.22. The molecule has 0 saturated carbocycles. The van der Waals surface area contributed by atoms with E-state index >= 15 is 0 Å². The lowest BCUT2D eigenvalue weighted by Crippen LogP contribution is -2.57. The first-order valence-corrected chi connectivity index (χ1v) is 7.43. The Morgan fingerprint density at radius 2 is 1.95 bits per heavy atom. The van der Waals surface area contributed by atoms with Crippen molar-refractivity contribution in [2.75, 3.05) is 13.1 Å². The number of hydrogen-bond acceptors (Lipinski definition) is 2. The third kappa shape index (κ3) is 3.36. The van der Waals surface area contributed by atoms with E-state index in [-0.39, 0.29) is 5.56 Å². The van der Waals surface area contributed by atoms with E-state index in [1.165, 1.54) is 18.2 Å². The summed E-state index contributed by atoms with van der Waals surface area (Å²) in [5.74, 6) is -0.437. The van der Waals surface area contributed by atoms with Gasteiger partial charge in [0.15, 0.2) is 0 Å². The number of nitrogens with one attached hydrogen (secondary N) is 1. The summed E-state index contributed by atoms with van der Waals surface area (Å²) in [5.41, 5.74) is 0.190.